The summed E-state index contributed by atoms with van der Waals surface area (Å²) in [6, 6.07) is 9.09. The maximum absolute atomic E-state index is 12.8. The van der Waals surface area contributed by atoms with Crippen LogP contribution in [0.15, 0.2) is 29.6 Å². The molecule has 1 amide bonds. The number of quaternary nitrogens is 1. The van der Waals surface area contributed by atoms with E-state index in [1.54, 1.807) is 4.88 Å². The average molecular weight is 356 g/mol. The third kappa shape index (κ3) is 3.38. The molecule has 1 aromatic carbocycles. The minimum absolute atomic E-state index is 0.156. The Hall–Kier alpha value is -1.65. The van der Waals surface area contributed by atoms with Crippen molar-refractivity contribution < 1.29 is 9.69 Å². The molecule has 0 radical (unpaired) electrons. The third-order valence-corrected chi connectivity index (χ3v) is 6.71. The van der Waals surface area contributed by atoms with Crippen LogP contribution in [0.2, 0.25) is 0 Å². The molecule has 4 rings (SSSR count). The molecule has 0 spiro atoms. The van der Waals surface area contributed by atoms with Crippen LogP contribution >= 0.6 is 11.3 Å². The number of rotatable bonds is 5. The van der Waals surface area contributed by atoms with Gasteiger partial charge in [-0.05, 0) is 48.8 Å². The van der Waals surface area contributed by atoms with Crippen molar-refractivity contribution in [2.45, 2.75) is 45.6 Å². The summed E-state index contributed by atoms with van der Waals surface area (Å²) in [4.78, 5) is 15.8. The monoisotopic (exact) mass is 355 g/mol. The van der Waals surface area contributed by atoms with E-state index in [4.69, 9.17) is 0 Å². The summed E-state index contributed by atoms with van der Waals surface area (Å²) in [5.74, 6) is 0.935. The Morgan fingerprint density at radius 1 is 1.32 bits per heavy atom. The first-order chi connectivity index (χ1) is 12.2. The number of hydrogen-bond acceptors (Lipinski definition) is 2. The van der Waals surface area contributed by atoms with Crippen molar-refractivity contribution in [1.29, 1.82) is 0 Å². The van der Waals surface area contributed by atoms with Crippen LogP contribution in [0.4, 0.5) is 5.69 Å². The van der Waals surface area contributed by atoms with Gasteiger partial charge in [0.25, 0.3) is 5.91 Å². The molecule has 132 valence electrons. The van der Waals surface area contributed by atoms with Gasteiger partial charge in [0.05, 0.1) is 6.54 Å². The molecular weight excluding hydrogens is 328 g/mol. The summed E-state index contributed by atoms with van der Waals surface area (Å²) < 4.78 is 0. The first-order valence-corrected chi connectivity index (χ1v) is 10.3. The van der Waals surface area contributed by atoms with E-state index in [0.717, 1.165) is 36.6 Å². The molecule has 4 heteroatoms. The van der Waals surface area contributed by atoms with Crippen molar-refractivity contribution in [3.63, 3.8) is 0 Å². The molecule has 1 aliphatic carbocycles. The highest BCUT2D eigenvalue weighted by molar-refractivity contribution is 7.10. The Bertz CT molecular complexity index is 778. The van der Waals surface area contributed by atoms with Crippen LogP contribution in [0.1, 0.15) is 47.4 Å². The van der Waals surface area contributed by atoms with Gasteiger partial charge in [-0.2, -0.15) is 0 Å². The SMILES string of the molecule is CCc1cccc(C)c1NC(=O)C[NH+]1CCc2sccc2[C@H]1C1CC1. The fourth-order valence-corrected chi connectivity index (χ4v) is 5.22. The Kier molecular flexibility index (Phi) is 4.65. The van der Waals surface area contributed by atoms with Gasteiger partial charge < -0.3 is 10.2 Å². The molecule has 0 saturated heterocycles. The van der Waals surface area contributed by atoms with E-state index < -0.39 is 0 Å². The van der Waals surface area contributed by atoms with E-state index in [0.29, 0.717) is 12.6 Å². The van der Waals surface area contributed by atoms with Crippen molar-refractivity contribution in [3.8, 4) is 0 Å². The van der Waals surface area contributed by atoms with Gasteiger partial charge in [0.1, 0.15) is 6.04 Å². The predicted molar refractivity (Wildman–Crippen MR) is 103 cm³/mol. The molecule has 1 aliphatic heterocycles. The lowest BCUT2D eigenvalue weighted by molar-refractivity contribution is -0.928. The van der Waals surface area contributed by atoms with Gasteiger partial charge >= 0.3 is 0 Å². The number of amides is 1. The highest BCUT2D eigenvalue weighted by Gasteiger charge is 2.43. The second kappa shape index (κ2) is 6.93. The number of para-hydroxylation sites is 1. The first kappa shape index (κ1) is 16.8. The molecule has 1 saturated carbocycles. The summed E-state index contributed by atoms with van der Waals surface area (Å²) in [6.45, 7) is 5.87. The maximum Gasteiger partial charge on any atom is 0.279 e. The second-order valence-electron chi connectivity index (χ2n) is 7.46. The molecular formula is C21H27N2OS+. The van der Waals surface area contributed by atoms with Crippen LogP contribution < -0.4 is 10.2 Å². The van der Waals surface area contributed by atoms with Crippen molar-refractivity contribution in [2.24, 2.45) is 5.92 Å². The molecule has 2 aliphatic rings. The van der Waals surface area contributed by atoms with E-state index in [2.05, 4.69) is 48.8 Å². The van der Waals surface area contributed by atoms with Gasteiger partial charge in [0, 0.05) is 28.5 Å². The molecule has 1 unspecified atom stereocenters. The Balaban J connectivity index is 1.50. The molecule has 1 aromatic heterocycles. The fraction of sp³-hybridized carbons (Fsp3) is 0.476. The van der Waals surface area contributed by atoms with Crippen LogP contribution in [-0.2, 0) is 17.6 Å². The van der Waals surface area contributed by atoms with Gasteiger partial charge in [-0.1, -0.05) is 25.1 Å². The van der Waals surface area contributed by atoms with E-state index in [9.17, 15) is 4.79 Å². The first-order valence-electron chi connectivity index (χ1n) is 9.46. The largest absolute Gasteiger partial charge is 0.321 e. The van der Waals surface area contributed by atoms with Crippen LogP contribution in [0, 0.1) is 12.8 Å². The average Bonchev–Trinajstić information content (AvgIpc) is 3.32. The fourth-order valence-electron chi connectivity index (χ4n) is 4.29. The minimum Gasteiger partial charge on any atom is -0.321 e. The molecule has 1 fully saturated rings. The summed E-state index contributed by atoms with van der Waals surface area (Å²) in [6.07, 6.45) is 4.70. The molecule has 25 heavy (non-hydrogen) atoms. The third-order valence-electron chi connectivity index (χ3n) is 5.71. The van der Waals surface area contributed by atoms with Crippen molar-refractivity contribution in [3.05, 3.63) is 51.2 Å². The second-order valence-corrected chi connectivity index (χ2v) is 8.46. The van der Waals surface area contributed by atoms with Gasteiger partial charge in [-0.15, -0.1) is 11.3 Å². The molecule has 2 heterocycles. The Labute approximate surface area is 154 Å². The number of benzene rings is 1. The number of hydrogen-bond donors (Lipinski definition) is 2. The summed E-state index contributed by atoms with van der Waals surface area (Å²) in [7, 11) is 0. The Morgan fingerprint density at radius 2 is 2.16 bits per heavy atom. The highest BCUT2D eigenvalue weighted by atomic mass is 32.1. The molecule has 2 N–H and O–H groups in total. The Morgan fingerprint density at radius 3 is 2.92 bits per heavy atom. The van der Waals surface area contributed by atoms with Gasteiger partial charge in [0.15, 0.2) is 6.54 Å². The van der Waals surface area contributed by atoms with Crippen LogP contribution in [0.3, 0.4) is 0 Å². The van der Waals surface area contributed by atoms with E-state index in [1.807, 2.05) is 11.3 Å². The van der Waals surface area contributed by atoms with Crippen molar-refractivity contribution in [2.75, 3.05) is 18.4 Å². The summed E-state index contributed by atoms with van der Waals surface area (Å²) >= 11 is 1.89. The highest BCUT2D eigenvalue weighted by Crippen LogP contribution is 2.42. The van der Waals surface area contributed by atoms with Gasteiger partial charge in [-0.25, -0.2) is 0 Å². The minimum atomic E-state index is 0.156. The van der Waals surface area contributed by atoms with E-state index in [1.165, 1.54) is 28.9 Å². The lowest BCUT2D eigenvalue weighted by Crippen LogP contribution is -3.14. The summed E-state index contributed by atoms with van der Waals surface area (Å²) in [5.41, 5.74) is 4.92. The molecule has 3 nitrogen and oxygen atoms in total. The quantitative estimate of drug-likeness (QED) is 0.849. The van der Waals surface area contributed by atoms with Gasteiger partial charge in [-0.3, -0.25) is 4.79 Å². The lowest BCUT2D eigenvalue weighted by atomic mass is 9.96. The number of anilines is 1. The van der Waals surface area contributed by atoms with Crippen molar-refractivity contribution >= 4 is 22.9 Å². The topological polar surface area (TPSA) is 33.5 Å². The van der Waals surface area contributed by atoms with Crippen LogP contribution in [0.5, 0.6) is 0 Å². The maximum atomic E-state index is 12.8. The number of thiophene rings is 1. The van der Waals surface area contributed by atoms with Crippen LogP contribution in [0.25, 0.3) is 0 Å². The number of carbonyl (C=O) groups excluding carboxylic acids is 1. The zero-order chi connectivity index (χ0) is 17.4. The summed E-state index contributed by atoms with van der Waals surface area (Å²) in [5, 5.41) is 5.44. The van der Waals surface area contributed by atoms with Gasteiger partial charge in [0.2, 0.25) is 0 Å². The number of aryl methyl sites for hydroxylation is 2. The lowest BCUT2D eigenvalue weighted by Gasteiger charge is -2.32. The standard InChI is InChI=1S/C21H26N2OS/c1-3-15-6-4-5-14(2)20(15)22-19(24)13-23-11-9-18-17(10-12-25-18)21(23)16-7-8-16/h4-6,10,12,16,21H,3,7-9,11,13H2,1-2H3,(H,22,24)/p+1/t21-/m1/s1. The zero-order valence-electron chi connectivity index (χ0n) is 15.1. The molecule has 2 aromatic rings. The number of nitrogens with one attached hydrogen (secondary N) is 2. The number of carbonyl (C=O) groups is 1. The smallest absolute Gasteiger partial charge is 0.279 e. The van der Waals surface area contributed by atoms with Crippen molar-refractivity contribution in [1.82, 2.24) is 0 Å². The normalized spacial score (nSPS) is 22.5. The molecule has 0 bridgehead atoms. The predicted octanol–water partition coefficient (Wildman–Crippen LogP) is 3.15. The zero-order valence-corrected chi connectivity index (χ0v) is 15.9. The molecule has 2 atom stereocenters. The van der Waals surface area contributed by atoms with E-state index in [-0.39, 0.29) is 5.91 Å². The number of fused-ring (bicyclic) bond motifs is 1. The van der Waals surface area contributed by atoms with Crippen LogP contribution in [-0.4, -0.2) is 19.0 Å². The van der Waals surface area contributed by atoms with E-state index >= 15 is 0 Å².